The van der Waals surface area contributed by atoms with Crippen molar-refractivity contribution in [3.05, 3.63) is 58.3 Å². The molecule has 0 atom stereocenters. The van der Waals surface area contributed by atoms with E-state index in [0.29, 0.717) is 19.2 Å². The number of anilines is 3. The van der Waals surface area contributed by atoms with E-state index in [0.717, 1.165) is 46.8 Å². The number of hydrogen-bond acceptors (Lipinski definition) is 6. The van der Waals surface area contributed by atoms with Gasteiger partial charge in [0.05, 0.1) is 30.6 Å². The molecule has 1 fully saturated rings. The second kappa shape index (κ2) is 8.19. The van der Waals surface area contributed by atoms with Crippen LogP contribution in [0.15, 0.2) is 54.7 Å². The number of halogens is 1. The van der Waals surface area contributed by atoms with Crippen LogP contribution in [0.3, 0.4) is 0 Å². The van der Waals surface area contributed by atoms with Crippen LogP contribution < -0.4 is 10.2 Å². The fourth-order valence-electron chi connectivity index (χ4n) is 3.54. The molecular weight excluding hydrogens is 491 g/mol. The molecule has 3 heterocycles. The summed E-state index contributed by atoms with van der Waals surface area (Å²) in [6.45, 7) is 2.95. The molecule has 152 valence electrons. The molecular formula is C22H21IN6O. The Morgan fingerprint density at radius 2 is 1.80 bits per heavy atom. The van der Waals surface area contributed by atoms with Gasteiger partial charge in [-0.3, -0.25) is 4.68 Å². The van der Waals surface area contributed by atoms with E-state index < -0.39 is 0 Å². The Morgan fingerprint density at radius 1 is 1.00 bits per heavy atom. The highest BCUT2D eigenvalue weighted by molar-refractivity contribution is 14.1. The lowest BCUT2D eigenvalue weighted by molar-refractivity contribution is 0.122. The smallest absolute Gasteiger partial charge is 0.228 e. The van der Waals surface area contributed by atoms with Gasteiger partial charge in [0.1, 0.15) is 5.82 Å². The van der Waals surface area contributed by atoms with Crippen molar-refractivity contribution >= 4 is 50.9 Å². The van der Waals surface area contributed by atoms with Crippen LogP contribution in [0, 0.1) is 3.57 Å². The van der Waals surface area contributed by atoms with Crippen LogP contribution >= 0.6 is 22.6 Å². The fraction of sp³-hybridized carbons (Fsp3) is 0.227. The van der Waals surface area contributed by atoms with Gasteiger partial charge in [0, 0.05) is 46.4 Å². The summed E-state index contributed by atoms with van der Waals surface area (Å²) in [7, 11) is 1.95. The molecule has 0 aliphatic carbocycles. The average Bonchev–Trinajstić information content (AvgIpc) is 3.16. The van der Waals surface area contributed by atoms with Crippen molar-refractivity contribution in [3.63, 3.8) is 0 Å². The number of aryl methyl sites for hydroxylation is 1. The highest BCUT2D eigenvalue weighted by Gasteiger charge is 2.17. The Bertz CT molecular complexity index is 1180. The number of fused-ring (bicyclic) bond motifs is 1. The van der Waals surface area contributed by atoms with E-state index in [2.05, 4.69) is 80.4 Å². The zero-order valence-electron chi connectivity index (χ0n) is 16.5. The van der Waals surface area contributed by atoms with Crippen LogP contribution in [0.4, 0.5) is 17.5 Å². The molecule has 8 heteroatoms. The van der Waals surface area contributed by atoms with Crippen molar-refractivity contribution in [2.75, 3.05) is 36.5 Å². The van der Waals surface area contributed by atoms with Crippen LogP contribution in [0.5, 0.6) is 0 Å². The molecule has 2 aromatic carbocycles. The molecule has 1 aliphatic heterocycles. The third kappa shape index (κ3) is 3.97. The molecule has 30 heavy (non-hydrogen) atoms. The first-order valence-corrected chi connectivity index (χ1v) is 10.9. The van der Waals surface area contributed by atoms with Crippen molar-refractivity contribution in [2.24, 2.45) is 7.05 Å². The first-order chi connectivity index (χ1) is 14.7. The molecule has 0 radical (unpaired) electrons. The molecule has 0 bridgehead atoms. The summed E-state index contributed by atoms with van der Waals surface area (Å²) in [6.07, 6.45) is 1.88. The number of aromatic nitrogens is 4. The van der Waals surface area contributed by atoms with Crippen molar-refractivity contribution in [1.29, 1.82) is 0 Å². The molecule has 1 aliphatic rings. The zero-order chi connectivity index (χ0) is 20.5. The van der Waals surface area contributed by atoms with Crippen molar-refractivity contribution < 1.29 is 4.74 Å². The minimum absolute atomic E-state index is 0.689. The molecule has 1 N–H and O–H groups in total. The summed E-state index contributed by atoms with van der Waals surface area (Å²) in [5.74, 6) is 1.49. The van der Waals surface area contributed by atoms with Crippen LogP contribution in [0.25, 0.3) is 22.2 Å². The average molecular weight is 512 g/mol. The first kappa shape index (κ1) is 19.3. The lowest BCUT2D eigenvalue weighted by Crippen LogP contribution is -2.37. The summed E-state index contributed by atoms with van der Waals surface area (Å²) < 4.78 is 8.58. The van der Waals surface area contributed by atoms with Crippen molar-refractivity contribution in [1.82, 2.24) is 19.7 Å². The quantitative estimate of drug-likeness (QED) is 0.414. The highest BCUT2D eigenvalue weighted by Crippen LogP contribution is 2.28. The number of benzene rings is 2. The van der Waals surface area contributed by atoms with Gasteiger partial charge in [-0.2, -0.15) is 10.1 Å². The van der Waals surface area contributed by atoms with Gasteiger partial charge in [-0.15, -0.1) is 0 Å². The van der Waals surface area contributed by atoms with Crippen LogP contribution in [-0.4, -0.2) is 46.1 Å². The Labute approximate surface area is 188 Å². The van der Waals surface area contributed by atoms with Crippen molar-refractivity contribution in [3.8, 4) is 11.3 Å². The van der Waals surface area contributed by atoms with Gasteiger partial charge >= 0.3 is 0 Å². The maximum absolute atomic E-state index is 5.50. The predicted molar refractivity (Wildman–Crippen MR) is 127 cm³/mol. The minimum atomic E-state index is 0.689. The maximum atomic E-state index is 5.50. The van der Waals surface area contributed by atoms with Gasteiger partial charge in [-0.1, -0.05) is 12.1 Å². The molecule has 0 amide bonds. The summed E-state index contributed by atoms with van der Waals surface area (Å²) in [5.41, 5.74) is 3.98. The second-order valence-electron chi connectivity index (χ2n) is 7.21. The standard InChI is InChI=1S/C22H21IN6O/c1-28-20-12-15(2-3-16(20)14-24-28)19-13-21(25-18-6-4-17(23)5-7-18)27-22(26-19)29-8-10-30-11-9-29/h2-7,12-14H,8-11H2,1H3,(H,25,26,27). The van der Waals surface area contributed by atoms with Crippen molar-refractivity contribution in [2.45, 2.75) is 0 Å². The molecule has 2 aromatic heterocycles. The number of ether oxygens (including phenoxy) is 1. The fourth-order valence-corrected chi connectivity index (χ4v) is 3.90. The van der Waals surface area contributed by atoms with E-state index in [1.54, 1.807) is 0 Å². The van der Waals surface area contributed by atoms with Gasteiger partial charge in [0.25, 0.3) is 0 Å². The molecule has 0 saturated carbocycles. The lowest BCUT2D eigenvalue weighted by Gasteiger charge is -2.27. The Hall–Kier alpha value is -2.72. The number of rotatable bonds is 4. The zero-order valence-corrected chi connectivity index (χ0v) is 18.7. The summed E-state index contributed by atoms with van der Waals surface area (Å²) in [6, 6.07) is 16.6. The first-order valence-electron chi connectivity index (χ1n) is 9.82. The van der Waals surface area contributed by atoms with E-state index in [4.69, 9.17) is 14.7 Å². The van der Waals surface area contributed by atoms with Gasteiger partial charge in [0.2, 0.25) is 5.95 Å². The minimum Gasteiger partial charge on any atom is -0.378 e. The summed E-state index contributed by atoms with van der Waals surface area (Å²) >= 11 is 2.30. The lowest BCUT2D eigenvalue weighted by atomic mass is 10.1. The third-order valence-corrected chi connectivity index (χ3v) is 5.89. The predicted octanol–water partition coefficient (Wildman–Crippen LogP) is 4.22. The molecule has 5 rings (SSSR count). The molecule has 0 unspecified atom stereocenters. The third-order valence-electron chi connectivity index (χ3n) is 5.17. The maximum Gasteiger partial charge on any atom is 0.228 e. The highest BCUT2D eigenvalue weighted by atomic mass is 127. The molecule has 7 nitrogen and oxygen atoms in total. The number of nitrogens with one attached hydrogen (secondary N) is 1. The van der Waals surface area contributed by atoms with E-state index in [9.17, 15) is 0 Å². The van der Waals surface area contributed by atoms with E-state index in [1.165, 1.54) is 3.57 Å². The largest absolute Gasteiger partial charge is 0.378 e. The topological polar surface area (TPSA) is 68.1 Å². The second-order valence-corrected chi connectivity index (χ2v) is 8.46. The molecule has 0 spiro atoms. The Balaban J connectivity index is 1.57. The van der Waals surface area contributed by atoms with Gasteiger partial charge in [-0.25, -0.2) is 4.98 Å². The number of morpholine rings is 1. The van der Waals surface area contributed by atoms with E-state index in [-0.39, 0.29) is 0 Å². The summed E-state index contributed by atoms with van der Waals surface area (Å²) in [4.78, 5) is 11.9. The Kier molecular flexibility index (Phi) is 5.26. The van der Waals surface area contributed by atoms with Crippen LogP contribution in [-0.2, 0) is 11.8 Å². The monoisotopic (exact) mass is 512 g/mol. The Morgan fingerprint density at radius 3 is 2.60 bits per heavy atom. The van der Waals surface area contributed by atoms with E-state index >= 15 is 0 Å². The van der Waals surface area contributed by atoms with E-state index in [1.807, 2.05) is 24.0 Å². The van der Waals surface area contributed by atoms with Gasteiger partial charge < -0.3 is 15.0 Å². The number of nitrogens with zero attached hydrogens (tertiary/aromatic N) is 5. The molecule has 4 aromatic rings. The van der Waals surface area contributed by atoms with Gasteiger partial charge in [0.15, 0.2) is 0 Å². The molecule has 1 saturated heterocycles. The van der Waals surface area contributed by atoms with Crippen LogP contribution in [0.2, 0.25) is 0 Å². The van der Waals surface area contributed by atoms with Gasteiger partial charge in [-0.05, 0) is 52.9 Å². The van der Waals surface area contributed by atoms with Crippen LogP contribution in [0.1, 0.15) is 0 Å². The number of hydrogen-bond donors (Lipinski definition) is 1. The summed E-state index contributed by atoms with van der Waals surface area (Å²) in [5, 5.41) is 8.90. The SMILES string of the molecule is Cn1ncc2ccc(-c3cc(Nc4ccc(I)cc4)nc(N4CCOCC4)n3)cc21. The normalized spacial score (nSPS) is 14.3.